The van der Waals surface area contributed by atoms with Crippen LogP contribution in [0, 0.1) is 18.6 Å². The zero-order valence-electron chi connectivity index (χ0n) is 15.9. The highest BCUT2D eigenvalue weighted by atomic mass is 32.1. The van der Waals surface area contributed by atoms with Crippen LogP contribution < -0.4 is 15.0 Å². The molecule has 1 aliphatic rings. The Hall–Kier alpha value is -3.39. The van der Waals surface area contributed by atoms with Crippen molar-refractivity contribution in [2.24, 2.45) is 4.99 Å². The number of aromatic nitrogens is 2. The van der Waals surface area contributed by atoms with E-state index in [2.05, 4.69) is 9.98 Å². The van der Waals surface area contributed by atoms with Crippen molar-refractivity contribution in [1.29, 1.82) is 0 Å². The molecule has 2 N–H and O–H groups in total. The predicted molar refractivity (Wildman–Crippen MR) is 112 cm³/mol. The van der Waals surface area contributed by atoms with Gasteiger partial charge in [-0.15, -0.1) is 0 Å². The highest BCUT2D eigenvalue weighted by Crippen LogP contribution is 2.32. The van der Waals surface area contributed by atoms with Gasteiger partial charge in [-0.05, 0) is 67.0 Å². The van der Waals surface area contributed by atoms with Crippen LogP contribution in [0.1, 0.15) is 22.3 Å². The Kier molecular flexibility index (Phi) is 4.94. The van der Waals surface area contributed by atoms with E-state index in [1.54, 1.807) is 0 Å². The van der Waals surface area contributed by atoms with E-state index in [4.69, 9.17) is 21.7 Å². The van der Waals surface area contributed by atoms with Crippen molar-refractivity contribution in [2.75, 3.05) is 6.79 Å². The summed E-state index contributed by atoms with van der Waals surface area (Å²) in [6, 6.07) is 11.3. The number of hydrogen-bond acceptors (Lipinski definition) is 6. The van der Waals surface area contributed by atoms with Gasteiger partial charge in [0.15, 0.2) is 16.3 Å². The first-order chi connectivity index (χ1) is 13.9. The Balaban J connectivity index is 1.68. The number of fused-ring (bicyclic) bond motifs is 1. The Bertz CT molecular complexity index is 1220. The van der Waals surface area contributed by atoms with E-state index in [-0.39, 0.29) is 23.0 Å². The quantitative estimate of drug-likeness (QED) is 0.508. The molecule has 1 aliphatic heterocycles. The minimum Gasteiger partial charge on any atom is -0.494 e. The number of aromatic amines is 1. The molecular formula is C21H19N3O4S. The van der Waals surface area contributed by atoms with Crippen LogP contribution in [0.5, 0.6) is 17.4 Å². The Labute approximate surface area is 171 Å². The SMILES string of the molecule is Cc1cc(C)cc(-n2c(O)c(C=NCc3ccc4c(c3)OCO4)c(=O)[nH]c2=S)c1. The lowest BCUT2D eigenvalue weighted by Crippen LogP contribution is -2.18. The van der Waals surface area contributed by atoms with Crippen LogP contribution in [0.15, 0.2) is 46.2 Å². The van der Waals surface area contributed by atoms with Gasteiger partial charge in [0, 0.05) is 6.21 Å². The average molecular weight is 409 g/mol. The minimum absolute atomic E-state index is 0.0403. The molecule has 3 aromatic rings. The summed E-state index contributed by atoms with van der Waals surface area (Å²) < 4.78 is 12.2. The molecule has 0 unspecified atom stereocenters. The molecule has 8 heteroatoms. The van der Waals surface area contributed by atoms with E-state index in [0.717, 1.165) is 16.7 Å². The lowest BCUT2D eigenvalue weighted by Gasteiger charge is -2.12. The summed E-state index contributed by atoms with van der Waals surface area (Å²) in [6.07, 6.45) is 1.35. The number of rotatable bonds is 4. The van der Waals surface area contributed by atoms with Gasteiger partial charge >= 0.3 is 0 Å². The number of aryl methyl sites for hydroxylation is 2. The summed E-state index contributed by atoms with van der Waals surface area (Å²) in [4.78, 5) is 19.3. The molecular weight excluding hydrogens is 390 g/mol. The number of nitrogens with one attached hydrogen (secondary N) is 1. The van der Waals surface area contributed by atoms with Gasteiger partial charge in [0.25, 0.3) is 5.56 Å². The molecule has 7 nitrogen and oxygen atoms in total. The largest absolute Gasteiger partial charge is 0.494 e. The van der Waals surface area contributed by atoms with Gasteiger partial charge in [-0.3, -0.25) is 19.3 Å². The summed E-state index contributed by atoms with van der Waals surface area (Å²) in [5.41, 5.74) is 3.15. The van der Waals surface area contributed by atoms with Crippen LogP contribution in [0.2, 0.25) is 0 Å². The molecule has 0 bridgehead atoms. The number of hydrogen-bond donors (Lipinski definition) is 2. The summed E-state index contributed by atoms with van der Waals surface area (Å²) in [5.74, 6) is 1.11. The van der Waals surface area contributed by atoms with E-state index in [1.807, 2.05) is 50.2 Å². The molecule has 0 spiro atoms. The zero-order valence-corrected chi connectivity index (χ0v) is 16.7. The van der Waals surface area contributed by atoms with Crippen LogP contribution in [0.25, 0.3) is 5.69 Å². The standard InChI is InChI=1S/C21H19N3O4S/c1-12-5-13(2)7-15(6-12)24-20(26)16(19(25)23-21(24)29)10-22-9-14-3-4-17-18(8-14)28-11-27-17/h3-8,10,26H,9,11H2,1-2H3,(H,23,25,29). The number of benzene rings is 2. The molecule has 0 aliphatic carbocycles. The third kappa shape index (κ3) is 3.79. The number of aliphatic imine (C=N–C) groups is 1. The second-order valence-corrected chi connectivity index (χ2v) is 7.22. The fourth-order valence-electron chi connectivity index (χ4n) is 3.26. The van der Waals surface area contributed by atoms with Crippen LogP contribution >= 0.6 is 12.2 Å². The molecule has 29 heavy (non-hydrogen) atoms. The molecule has 1 aromatic heterocycles. The van der Waals surface area contributed by atoms with Crippen molar-refractivity contribution in [3.05, 3.63) is 73.8 Å². The summed E-state index contributed by atoms with van der Waals surface area (Å²) in [5, 5.41) is 10.8. The maximum atomic E-state index is 12.4. The van der Waals surface area contributed by atoms with Crippen molar-refractivity contribution >= 4 is 18.4 Å². The topological polar surface area (TPSA) is 88.8 Å². The highest BCUT2D eigenvalue weighted by molar-refractivity contribution is 7.71. The van der Waals surface area contributed by atoms with Crippen molar-refractivity contribution < 1.29 is 14.6 Å². The fraction of sp³-hybridized carbons (Fsp3) is 0.190. The molecule has 2 heterocycles. The van der Waals surface area contributed by atoms with Crippen LogP contribution in [-0.4, -0.2) is 27.7 Å². The van der Waals surface area contributed by atoms with E-state index in [0.29, 0.717) is 23.7 Å². The van der Waals surface area contributed by atoms with E-state index < -0.39 is 5.56 Å². The van der Waals surface area contributed by atoms with Gasteiger partial charge in [0.1, 0.15) is 5.56 Å². The molecule has 0 radical (unpaired) electrons. The zero-order chi connectivity index (χ0) is 20.5. The molecule has 0 atom stereocenters. The Morgan fingerprint density at radius 1 is 1.17 bits per heavy atom. The fourth-order valence-corrected chi connectivity index (χ4v) is 3.54. The summed E-state index contributed by atoms with van der Waals surface area (Å²) in [6.45, 7) is 4.43. The first-order valence-electron chi connectivity index (χ1n) is 8.98. The molecule has 0 fully saturated rings. The Morgan fingerprint density at radius 2 is 1.90 bits per heavy atom. The van der Waals surface area contributed by atoms with Crippen molar-refractivity contribution in [3.63, 3.8) is 0 Å². The highest BCUT2D eigenvalue weighted by Gasteiger charge is 2.14. The van der Waals surface area contributed by atoms with Crippen LogP contribution in [-0.2, 0) is 6.54 Å². The predicted octanol–water partition coefficient (Wildman–Crippen LogP) is 3.57. The van der Waals surface area contributed by atoms with Gasteiger partial charge in [-0.25, -0.2) is 0 Å². The number of H-pyrrole nitrogens is 1. The van der Waals surface area contributed by atoms with E-state index >= 15 is 0 Å². The number of ether oxygens (including phenoxy) is 2. The third-order valence-corrected chi connectivity index (χ3v) is 4.80. The maximum Gasteiger partial charge on any atom is 0.264 e. The molecule has 2 aromatic carbocycles. The third-order valence-electron chi connectivity index (χ3n) is 4.52. The molecule has 0 amide bonds. The van der Waals surface area contributed by atoms with Gasteiger partial charge in [0.2, 0.25) is 12.7 Å². The summed E-state index contributed by atoms with van der Waals surface area (Å²) in [7, 11) is 0. The summed E-state index contributed by atoms with van der Waals surface area (Å²) >= 11 is 5.27. The molecule has 0 saturated carbocycles. The molecule has 4 rings (SSSR count). The number of nitrogens with zero attached hydrogens (tertiary/aromatic N) is 2. The molecule has 0 saturated heterocycles. The van der Waals surface area contributed by atoms with E-state index in [1.165, 1.54) is 10.8 Å². The van der Waals surface area contributed by atoms with Gasteiger partial charge in [-0.1, -0.05) is 12.1 Å². The van der Waals surface area contributed by atoms with Crippen molar-refractivity contribution in [2.45, 2.75) is 20.4 Å². The smallest absolute Gasteiger partial charge is 0.264 e. The maximum absolute atomic E-state index is 12.4. The van der Waals surface area contributed by atoms with Crippen LogP contribution in [0.3, 0.4) is 0 Å². The molecule has 148 valence electrons. The number of aromatic hydroxyl groups is 1. The van der Waals surface area contributed by atoms with Gasteiger partial charge in [0.05, 0.1) is 12.2 Å². The normalized spacial score (nSPS) is 12.6. The lowest BCUT2D eigenvalue weighted by molar-refractivity contribution is 0.174. The monoisotopic (exact) mass is 409 g/mol. The average Bonchev–Trinajstić information content (AvgIpc) is 3.11. The van der Waals surface area contributed by atoms with Gasteiger partial charge in [-0.2, -0.15) is 0 Å². The minimum atomic E-state index is -0.498. The van der Waals surface area contributed by atoms with Crippen molar-refractivity contribution in [1.82, 2.24) is 9.55 Å². The Morgan fingerprint density at radius 3 is 2.66 bits per heavy atom. The van der Waals surface area contributed by atoms with Crippen LogP contribution in [0.4, 0.5) is 0 Å². The second-order valence-electron chi connectivity index (χ2n) is 6.84. The van der Waals surface area contributed by atoms with E-state index in [9.17, 15) is 9.90 Å². The van der Waals surface area contributed by atoms with Crippen molar-refractivity contribution in [3.8, 4) is 23.1 Å². The van der Waals surface area contributed by atoms with Gasteiger partial charge < -0.3 is 14.6 Å². The second kappa shape index (κ2) is 7.56. The first kappa shape index (κ1) is 18.9. The lowest BCUT2D eigenvalue weighted by atomic mass is 10.1. The first-order valence-corrected chi connectivity index (χ1v) is 9.38.